The van der Waals surface area contributed by atoms with E-state index in [2.05, 4.69) is 16.0 Å². The zero-order chi connectivity index (χ0) is 21.7. The Morgan fingerprint density at radius 3 is 2.88 bits per heavy atom. The number of carbonyl (C=O) groups is 1. The molecule has 2 aliphatic carbocycles. The summed E-state index contributed by atoms with van der Waals surface area (Å²) in [5.74, 6) is 0.0854. The van der Waals surface area contributed by atoms with E-state index in [0.29, 0.717) is 5.82 Å². The number of thiophene rings is 1. The average Bonchev–Trinajstić information content (AvgIpc) is 3.51. The molecule has 0 saturated heterocycles. The van der Waals surface area contributed by atoms with Gasteiger partial charge in [0.25, 0.3) is 5.56 Å². The molecule has 0 aliphatic heterocycles. The normalized spacial score (nSPS) is 20.6. The molecule has 2 aliphatic rings. The van der Waals surface area contributed by atoms with Crippen molar-refractivity contribution in [1.29, 1.82) is 0 Å². The third-order valence-corrected chi connectivity index (χ3v) is 9.03. The second-order valence-electron chi connectivity index (χ2n) is 8.68. The summed E-state index contributed by atoms with van der Waals surface area (Å²) in [5, 5.41) is 1.75. The van der Waals surface area contributed by atoms with E-state index in [1.165, 1.54) is 4.88 Å². The number of aromatic nitrogens is 3. The van der Waals surface area contributed by atoms with Crippen LogP contribution in [0.1, 0.15) is 59.3 Å². The number of nitrogens with zero attached hydrogens (tertiary/aromatic N) is 2. The van der Waals surface area contributed by atoms with Crippen LogP contribution in [0.15, 0.2) is 29.1 Å². The standard InChI is InChI=1S/C24H23N3O3S2/c28-21-20-15-8-5-11-17(15)31-23(20)27-19(26-21)12-30-24(29)14-7-2-1-6-13(14)22-25-16-9-3-4-10-18(16)32-22/h3-4,9-10,13-14H,1-2,5-8,11-12H2,(H,26,27,28)/t13-,14-/m0/s1. The Morgan fingerprint density at radius 2 is 1.97 bits per heavy atom. The van der Waals surface area contributed by atoms with Gasteiger partial charge in [0.2, 0.25) is 0 Å². The molecular weight excluding hydrogens is 442 g/mol. The smallest absolute Gasteiger partial charge is 0.310 e. The molecule has 0 bridgehead atoms. The molecule has 164 valence electrons. The fraction of sp³-hybridized carbons (Fsp3) is 0.417. The molecule has 0 radical (unpaired) electrons. The molecule has 6 nitrogen and oxygen atoms in total. The number of aryl methyl sites for hydroxylation is 2. The minimum Gasteiger partial charge on any atom is -0.457 e. The van der Waals surface area contributed by atoms with Gasteiger partial charge in [-0.1, -0.05) is 25.0 Å². The Balaban J connectivity index is 1.21. The van der Waals surface area contributed by atoms with E-state index in [1.54, 1.807) is 22.7 Å². The number of rotatable bonds is 4. The van der Waals surface area contributed by atoms with Crippen LogP contribution in [-0.2, 0) is 29.0 Å². The van der Waals surface area contributed by atoms with Gasteiger partial charge in [-0.05, 0) is 49.8 Å². The van der Waals surface area contributed by atoms with Crippen molar-refractivity contribution in [2.75, 3.05) is 0 Å². The third kappa shape index (κ3) is 3.46. The number of aromatic amines is 1. The number of thiazole rings is 1. The number of H-pyrrole nitrogens is 1. The topological polar surface area (TPSA) is 84.9 Å². The lowest BCUT2D eigenvalue weighted by molar-refractivity contribution is -0.152. The van der Waals surface area contributed by atoms with Gasteiger partial charge in [-0.2, -0.15) is 0 Å². The maximum absolute atomic E-state index is 13.1. The first-order valence-corrected chi connectivity index (χ1v) is 12.9. The van der Waals surface area contributed by atoms with Crippen molar-refractivity contribution in [2.45, 2.75) is 57.5 Å². The molecule has 2 atom stereocenters. The van der Waals surface area contributed by atoms with E-state index in [-0.39, 0.29) is 30.0 Å². The van der Waals surface area contributed by atoms with Gasteiger partial charge in [0.1, 0.15) is 17.3 Å². The molecule has 0 spiro atoms. The predicted molar refractivity (Wildman–Crippen MR) is 126 cm³/mol. The van der Waals surface area contributed by atoms with Crippen molar-refractivity contribution in [3.05, 3.63) is 55.9 Å². The highest BCUT2D eigenvalue weighted by atomic mass is 32.1. The highest BCUT2D eigenvalue weighted by molar-refractivity contribution is 7.19. The Labute approximate surface area is 192 Å². The number of ether oxygens (including phenoxy) is 1. The van der Waals surface area contributed by atoms with E-state index < -0.39 is 0 Å². The summed E-state index contributed by atoms with van der Waals surface area (Å²) in [6.45, 7) is -0.00432. The average molecular weight is 466 g/mol. The van der Waals surface area contributed by atoms with E-state index in [0.717, 1.165) is 76.0 Å². The number of esters is 1. The highest BCUT2D eigenvalue weighted by Crippen LogP contribution is 2.41. The molecule has 3 heterocycles. The molecule has 1 fully saturated rings. The molecule has 32 heavy (non-hydrogen) atoms. The van der Waals surface area contributed by atoms with Crippen LogP contribution in [0.2, 0.25) is 0 Å². The molecule has 1 N–H and O–H groups in total. The zero-order valence-electron chi connectivity index (χ0n) is 17.6. The van der Waals surface area contributed by atoms with Crippen LogP contribution < -0.4 is 5.56 Å². The van der Waals surface area contributed by atoms with Gasteiger partial charge in [-0.3, -0.25) is 9.59 Å². The monoisotopic (exact) mass is 465 g/mol. The lowest BCUT2D eigenvalue weighted by Gasteiger charge is -2.28. The summed E-state index contributed by atoms with van der Waals surface area (Å²) < 4.78 is 6.84. The van der Waals surface area contributed by atoms with Crippen LogP contribution in [0.5, 0.6) is 0 Å². The SMILES string of the molecule is O=C(OCc1nc2sc3c(c2c(=O)[nH]1)CCC3)[C@H]1CCCC[C@@H]1c1nc2ccccc2s1. The summed E-state index contributed by atoms with van der Waals surface area (Å²) in [4.78, 5) is 40.0. The second kappa shape index (κ2) is 8.08. The maximum Gasteiger partial charge on any atom is 0.310 e. The zero-order valence-corrected chi connectivity index (χ0v) is 19.2. The first-order chi connectivity index (χ1) is 15.7. The van der Waals surface area contributed by atoms with Crippen LogP contribution in [0.3, 0.4) is 0 Å². The fourth-order valence-electron chi connectivity index (χ4n) is 5.12. The lowest BCUT2D eigenvalue weighted by atomic mass is 9.79. The van der Waals surface area contributed by atoms with Gasteiger partial charge in [0.05, 0.1) is 26.5 Å². The van der Waals surface area contributed by atoms with Crippen LogP contribution in [0.4, 0.5) is 0 Å². The van der Waals surface area contributed by atoms with Gasteiger partial charge in [0.15, 0.2) is 0 Å². The van der Waals surface area contributed by atoms with Crippen molar-refractivity contribution in [3.63, 3.8) is 0 Å². The molecular formula is C24H23N3O3S2. The van der Waals surface area contributed by atoms with Gasteiger partial charge >= 0.3 is 5.97 Å². The molecule has 3 aromatic heterocycles. The first kappa shape index (κ1) is 20.1. The number of carbonyl (C=O) groups excluding carboxylic acids is 1. The molecule has 1 saturated carbocycles. The molecule has 6 rings (SSSR count). The number of fused-ring (bicyclic) bond motifs is 4. The fourth-order valence-corrected chi connectivity index (χ4v) is 7.57. The Morgan fingerprint density at radius 1 is 1.09 bits per heavy atom. The van der Waals surface area contributed by atoms with Crippen molar-refractivity contribution in [2.24, 2.45) is 5.92 Å². The third-order valence-electron chi connectivity index (χ3n) is 6.67. The van der Waals surface area contributed by atoms with Crippen LogP contribution in [0, 0.1) is 5.92 Å². The van der Waals surface area contributed by atoms with E-state index in [4.69, 9.17) is 9.72 Å². The summed E-state index contributed by atoms with van der Waals surface area (Å²) in [6.07, 6.45) is 6.94. The number of nitrogens with one attached hydrogen (secondary N) is 1. The van der Waals surface area contributed by atoms with Crippen molar-refractivity contribution < 1.29 is 9.53 Å². The summed E-state index contributed by atoms with van der Waals surface area (Å²) in [6, 6.07) is 8.10. The van der Waals surface area contributed by atoms with Gasteiger partial charge < -0.3 is 9.72 Å². The highest BCUT2D eigenvalue weighted by Gasteiger charge is 2.35. The van der Waals surface area contributed by atoms with E-state index >= 15 is 0 Å². The van der Waals surface area contributed by atoms with E-state index in [1.807, 2.05) is 18.2 Å². The van der Waals surface area contributed by atoms with Crippen LogP contribution >= 0.6 is 22.7 Å². The quantitative estimate of drug-likeness (QED) is 0.424. The molecule has 8 heteroatoms. The first-order valence-electron chi connectivity index (χ1n) is 11.2. The minimum absolute atomic E-state index is 0.00432. The van der Waals surface area contributed by atoms with Crippen LogP contribution in [0.25, 0.3) is 20.4 Å². The maximum atomic E-state index is 13.1. The minimum atomic E-state index is -0.217. The largest absolute Gasteiger partial charge is 0.457 e. The number of benzene rings is 1. The predicted octanol–water partition coefficient (Wildman–Crippen LogP) is 5.10. The van der Waals surface area contributed by atoms with Gasteiger partial charge in [-0.25, -0.2) is 9.97 Å². The van der Waals surface area contributed by atoms with Crippen molar-refractivity contribution >= 4 is 49.1 Å². The summed E-state index contributed by atoms with van der Waals surface area (Å²) in [5.41, 5.74) is 2.02. The Kier molecular flexibility index (Phi) is 5.07. The van der Waals surface area contributed by atoms with Crippen LogP contribution in [-0.4, -0.2) is 20.9 Å². The molecule has 4 aromatic rings. The summed E-state index contributed by atoms with van der Waals surface area (Å²) in [7, 11) is 0. The van der Waals surface area contributed by atoms with Gasteiger partial charge in [-0.15, -0.1) is 22.7 Å². The van der Waals surface area contributed by atoms with E-state index in [9.17, 15) is 9.59 Å². The van der Waals surface area contributed by atoms with Crippen molar-refractivity contribution in [1.82, 2.24) is 15.0 Å². The number of hydrogen-bond acceptors (Lipinski definition) is 7. The van der Waals surface area contributed by atoms with Gasteiger partial charge in [0, 0.05) is 10.8 Å². The molecule has 0 unspecified atom stereocenters. The Bertz CT molecular complexity index is 1350. The molecule has 1 aromatic carbocycles. The Hall–Kier alpha value is -2.58. The lowest BCUT2D eigenvalue weighted by Crippen LogP contribution is -2.28. The van der Waals surface area contributed by atoms with Crippen molar-refractivity contribution in [3.8, 4) is 0 Å². The summed E-state index contributed by atoms with van der Waals surface area (Å²) >= 11 is 3.27. The number of para-hydroxylation sites is 1. The molecule has 0 amide bonds. The second-order valence-corrected chi connectivity index (χ2v) is 10.8. The number of hydrogen-bond donors (Lipinski definition) is 1.